The van der Waals surface area contributed by atoms with Crippen LogP contribution in [0.25, 0.3) is 16.9 Å². The molecule has 0 atom stereocenters. The zero-order valence-corrected chi connectivity index (χ0v) is 20.9. The summed E-state index contributed by atoms with van der Waals surface area (Å²) in [4.78, 5) is 31.7. The summed E-state index contributed by atoms with van der Waals surface area (Å²) in [6.45, 7) is 10.5. The lowest BCUT2D eigenvalue weighted by Gasteiger charge is -2.23. The number of hydrogen-bond donors (Lipinski definition) is 1. The van der Waals surface area contributed by atoms with E-state index in [4.69, 9.17) is 9.72 Å². The van der Waals surface area contributed by atoms with Gasteiger partial charge in [-0.15, -0.1) is 0 Å². The SMILES string of the molecule is CCC(=O)N(CC(=O)Nc1nc(-c2ccc(OC)cc2)cn1-c1ccc(C)c(C)c1)CC(C)C. The molecule has 0 saturated heterocycles. The van der Waals surface area contributed by atoms with Crippen molar-refractivity contribution >= 4 is 17.8 Å². The lowest BCUT2D eigenvalue weighted by Crippen LogP contribution is -2.40. The number of rotatable bonds is 9. The van der Waals surface area contributed by atoms with E-state index in [9.17, 15) is 9.59 Å². The van der Waals surface area contributed by atoms with Crippen LogP contribution < -0.4 is 10.1 Å². The van der Waals surface area contributed by atoms with Crippen LogP contribution in [-0.4, -0.2) is 46.5 Å². The van der Waals surface area contributed by atoms with Gasteiger partial charge in [0.05, 0.1) is 19.3 Å². The van der Waals surface area contributed by atoms with Crippen LogP contribution in [0.15, 0.2) is 48.7 Å². The summed E-state index contributed by atoms with van der Waals surface area (Å²) >= 11 is 0. The number of aromatic nitrogens is 2. The van der Waals surface area contributed by atoms with Gasteiger partial charge in [-0.2, -0.15) is 0 Å². The van der Waals surface area contributed by atoms with Gasteiger partial charge in [-0.25, -0.2) is 4.98 Å². The molecule has 7 nitrogen and oxygen atoms in total. The molecule has 0 radical (unpaired) electrons. The van der Waals surface area contributed by atoms with Crippen LogP contribution in [0.2, 0.25) is 0 Å². The summed E-state index contributed by atoms with van der Waals surface area (Å²) in [5.41, 5.74) is 4.86. The van der Waals surface area contributed by atoms with Crippen molar-refractivity contribution in [3.8, 4) is 22.7 Å². The fourth-order valence-electron chi connectivity index (χ4n) is 3.70. The maximum absolute atomic E-state index is 13.0. The largest absolute Gasteiger partial charge is 0.497 e. The molecule has 0 aliphatic rings. The summed E-state index contributed by atoms with van der Waals surface area (Å²) in [7, 11) is 1.63. The number of nitrogens with zero attached hydrogens (tertiary/aromatic N) is 3. The predicted molar refractivity (Wildman–Crippen MR) is 135 cm³/mol. The quantitative estimate of drug-likeness (QED) is 0.486. The minimum Gasteiger partial charge on any atom is -0.497 e. The number of imidazole rings is 1. The van der Waals surface area contributed by atoms with Crippen molar-refractivity contribution in [3.05, 3.63) is 59.8 Å². The van der Waals surface area contributed by atoms with E-state index in [0.717, 1.165) is 28.3 Å². The van der Waals surface area contributed by atoms with Crippen molar-refractivity contribution < 1.29 is 14.3 Å². The number of amides is 2. The molecule has 0 spiro atoms. The van der Waals surface area contributed by atoms with Crippen LogP contribution in [0, 0.1) is 19.8 Å². The number of aryl methyl sites for hydroxylation is 2. The Bertz CT molecular complexity index is 1150. The zero-order valence-electron chi connectivity index (χ0n) is 20.9. The minimum atomic E-state index is -0.278. The second-order valence-electron chi connectivity index (χ2n) is 8.89. The molecule has 0 saturated carbocycles. The molecule has 0 bridgehead atoms. The molecule has 0 aliphatic carbocycles. The lowest BCUT2D eigenvalue weighted by molar-refractivity contribution is -0.134. The monoisotopic (exact) mass is 462 g/mol. The standard InChI is InChI=1S/C27H34N4O3/c1-7-26(33)30(15-18(2)3)17-25(32)29-27-28-24(21-9-12-23(34-6)13-10-21)16-31(27)22-11-8-19(4)20(5)14-22/h8-14,16,18H,7,15,17H2,1-6H3,(H,28,29,32). The van der Waals surface area contributed by atoms with Crippen molar-refractivity contribution in [2.45, 2.75) is 41.0 Å². The molecule has 1 heterocycles. The van der Waals surface area contributed by atoms with Gasteiger partial charge >= 0.3 is 0 Å². The van der Waals surface area contributed by atoms with Crippen molar-refractivity contribution in [2.75, 3.05) is 25.5 Å². The van der Waals surface area contributed by atoms with Gasteiger partial charge in [0.2, 0.25) is 17.8 Å². The normalized spacial score (nSPS) is 10.9. The Morgan fingerprint density at radius 1 is 1.09 bits per heavy atom. The highest BCUT2D eigenvalue weighted by Gasteiger charge is 2.20. The van der Waals surface area contributed by atoms with Crippen LogP contribution in [0.5, 0.6) is 5.75 Å². The van der Waals surface area contributed by atoms with E-state index < -0.39 is 0 Å². The van der Waals surface area contributed by atoms with Gasteiger partial charge in [-0.05, 0) is 67.3 Å². The van der Waals surface area contributed by atoms with Gasteiger partial charge in [0, 0.05) is 30.4 Å². The molecule has 2 aromatic carbocycles. The summed E-state index contributed by atoms with van der Waals surface area (Å²) in [6, 6.07) is 13.7. The average molecular weight is 463 g/mol. The van der Waals surface area contributed by atoms with Gasteiger partial charge in [-0.3, -0.25) is 19.5 Å². The second kappa shape index (κ2) is 11.0. The molecule has 180 valence electrons. The first-order valence-corrected chi connectivity index (χ1v) is 11.6. The molecule has 1 N–H and O–H groups in total. The third-order valence-electron chi connectivity index (χ3n) is 5.69. The maximum Gasteiger partial charge on any atom is 0.246 e. The molecular weight excluding hydrogens is 428 g/mol. The van der Waals surface area contributed by atoms with Crippen molar-refractivity contribution in [1.29, 1.82) is 0 Å². The van der Waals surface area contributed by atoms with Crippen LogP contribution in [0.1, 0.15) is 38.3 Å². The molecule has 2 amide bonds. The molecule has 3 rings (SSSR count). The topological polar surface area (TPSA) is 76.5 Å². The summed E-state index contributed by atoms with van der Waals surface area (Å²) in [5, 5.41) is 2.93. The summed E-state index contributed by atoms with van der Waals surface area (Å²) < 4.78 is 7.13. The van der Waals surface area contributed by atoms with Crippen molar-refractivity contribution in [1.82, 2.24) is 14.5 Å². The molecule has 0 aliphatic heterocycles. The predicted octanol–water partition coefficient (Wildman–Crippen LogP) is 5.00. The van der Waals surface area contributed by atoms with E-state index in [2.05, 4.69) is 25.2 Å². The number of methoxy groups -OCH3 is 1. The number of ether oxygens (including phenoxy) is 1. The Morgan fingerprint density at radius 2 is 1.79 bits per heavy atom. The fourth-order valence-corrected chi connectivity index (χ4v) is 3.70. The number of nitrogens with one attached hydrogen (secondary N) is 1. The highest BCUT2D eigenvalue weighted by atomic mass is 16.5. The highest BCUT2D eigenvalue weighted by molar-refractivity contribution is 5.93. The minimum absolute atomic E-state index is 0.0114. The van der Waals surface area contributed by atoms with Gasteiger partial charge in [0.1, 0.15) is 5.75 Å². The van der Waals surface area contributed by atoms with Crippen LogP contribution in [-0.2, 0) is 9.59 Å². The molecule has 3 aromatic rings. The maximum atomic E-state index is 13.0. The summed E-state index contributed by atoms with van der Waals surface area (Å²) in [5.74, 6) is 1.12. The zero-order chi connectivity index (χ0) is 24.8. The highest BCUT2D eigenvalue weighted by Crippen LogP contribution is 2.27. The van der Waals surface area contributed by atoms with E-state index in [1.165, 1.54) is 5.56 Å². The first-order chi connectivity index (χ1) is 16.2. The first-order valence-electron chi connectivity index (χ1n) is 11.6. The van der Waals surface area contributed by atoms with Gasteiger partial charge in [0.15, 0.2) is 0 Å². The Hall–Kier alpha value is -3.61. The smallest absolute Gasteiger partial charge is 0.246 e. The van der Waals surface area contributed by atoms with E-state index in [0.29, 0.717) is 18.9 Å². The molecule has 0 fully saturated rings. The molecule has 7 heteroatoms. The number of benzene rings is 2. The average Bonchev–Trinajstić information content (AvgIpc) is 3.23. The van der Waals surface area contributed by atoms with E-state index in [1.54, 1.807) is 18.9 Å². The number of carbonyl (C=O) groups is 2. The van der Waals surface area contributed by atoms with Gasteiger partial charge < -0.3 is 9.64 Å². The van der Waals surface area contributed by atoms with Gasteiger partial charge in [0.25, 0.3) is 0 Å². The number of anilines is 1. The van der Waals surface area contributed by atoms with Crippen LogP contribution in [0.3, 0.4) is 0 Å². The summed E-state index contributed by atoms with van der Waals surface area (Å²) in [6.07, 6.45) is 2.27. The van der Waals surface area contributed by atoms with E-state index >= 15 is 0 Å². The molecule has 1 aromatic heterocycles. The lowest BCUT2D eigenvalue weighted by atomic mass is 10.1. The Kier molecular flexibility index (Phi) is 8.10. The van der Waals surface area contributed by atoms with Crippen molar-refractivity contribution in [3.63, 3.8) is 0 Å². The molecule has 34 heavy (non-hydrogen) atoms. The van der Waals surface area contributed by atoms with E-state index in [-0.39, 0.29) is 24.3 Å². The van der Waals surface area contributed by atoms with Crippen molar-refractivity contribution in [2.24, 2.45) is 5.92 Å². The Labute approximate surface area is 201 Å². The first kappa shape index (κ1) is 25.0. The molecule has 0 unspecified atom stereocenters. The number of carbonyl (C=O) groups excluding carboxylic acids is 2. The van der Waals surface area contributed by atoms with Gasteiger partial charge in [-0.1, -0.05) is 26.8 Å². The third-order valence-corrected chi connectivity index (χ3v) is 5.69. The van der Waals surface area contributed by atoms with Crippen LogP contribution in [0.4, 0.5) is 5.95 Å². The van der Waals surface area contributed by atoms with Crippen LogP contribution >= 0.6 is 0 Å². The van der Waals surface area contributed by atoms with E-state index in [1.807, 2.05) is 61.0 Å². The second-order valence-corrected chi connectivity index (χ2v) is 8.89. The Morgan fingerprint density at radius 3 is 2.38 bits per heavy atom. The molecular formula is C27H34N4O3. The third kappa shape index (κ3) is 6.04. The number of hydrogen-bond acceptors (Lipinski definition) is 4. The Balaban J connectivity index is 1.95. The fraction of sp³-hybridized carbons (Fsp3) is 0.370.